The molecule has 0 bridgehead atoms. The maximum absolute atomic E-state index is 15.0. The van der Waals surface area contributed by atoms with E-state index in [1.54, 1.807) is 24.4 Å². The Bertz CT molecular complexity index is 1650. The minimum absolute atomic E-state index is 0.0762. The third-order valence-electron chi connectivity index (χ3n) is 7.53. The number of benzene rings is 3. The van der Waals surface area contributed by atoms with Gasteiger partial charge in [-0.25, -0.2) is 27.8 Å². The number of halogens is 4. The van der Waals surface area contributed by atoms with Crippen molar-refractivity contribution in [2.45, 2.75) is 18.6 Å². The van der Waals surface area contributed by atoms with Crippen LogP contribution in [0, 0.1) is 23.3 Å². The molecule has 2 atom stereocenters. The Morgan fingerprint density at radius 2 is 1.81 bits per heavy atom. The first-order chi connectivity index (χ1) is 20.3. The molecular formula is C30H27F4N5O3. The van der Waals surface area contributed by atoms with Crippen LogP contribution in [-0.2, 0) is 9.57 Å². The fourth-order valence-electron chi connectivity index (χ4n) is 5.74. The second-order valence-corrected chi connectivity index (χ2v) is 10.2. The fourth-order valence-corrected chi connectivity index (χ4v) is 5.74. The zero-order chi connectivity index (χ0) is 29.4. The SMILES string of the molecule is CONC(=O)Nc1c(F)cc(F)cc1-c1ccc2ncc(-c3cc(F)cc(F)c3)c(N3CCC4NCCOC4C3)c2c1. The van der Waals surface area contributed by atoms with Gasteiger partial charge < -0.3 is 20.3 Å². The van der Waals surface area contributed by atoms with Gasteiger partial charge in [0.25, 0.3) is 0 Å². The standard InChI is InChI=1S/C30H27F4N5O3/c1-41-38-30(40)37-28-21(12-20(33)13-24(28)34)16-2-3-25-22(10-16)29(39-6-4-26-27(15-39)42-7-5-35-26)23(14-36-25)17-8-18(31)11-19(32)9-17/h2-3,8-14,26-27,35H,4-7,15H2,1H3,(H2,37,38,40). The van der Waals surface area contributed by atoms with Crippen LogP contribution >= 0.6 is 0 Å². The minimum Gasteiger partial charge on any atom is -0.373 e. The summed E-state index contributed by atoms with van der Waals surface area (Å²) in [5.74, 6) is -3.29. The van der Waals surface area contributed by atoms with E-state index in [2.05, 4.69) is 25.4 Å². The summed E-state index contributed by atoms with van der Waals surface area (Å²) in [5.41, 5.74) is 4.24. The molecule has 2 unspecified atom stereocenters. The van der Waals surface area contributed by atoms with Gasteiger partial charge in [-0.05, 0) is 47.9 Å². The number of hydroxylamine groups is 1. The average molecular weight is 582 g/mol. The van der Waals surface area contributed by atoms with Crippen LogP contribution in [0.15, 0.2) is 54.7 Å². The van der Waals surface area contributed by atoms with Crippen LogP contribution in [0.3, 0.4) is 0 Å². The van der Waals surface area contributed by atoms with Crippen LogP contribution in [0.25, 0.3) is 33.2 Å². The number of nitrogens with zero attached hydrogens (tertiary/aromatic N) is 2. The highest BCUT2D eigenvalue weighted by Gasteiger charge is 2.34. The summed E-state index contributed by atoms with van der Waals surface area (Å²) in [5, 5.41) is 6.43. The van der Waals surface area contributed by atoms with Crippen LogP contribution < -0.4 is 21.0 Å². The number of hydrogen-bond donors (Lipinski definition) is 3. The summed E-state index contributed by atoms with van der Waals surface area (Å²) >= 11 is 0. The van der Waals surface area contributed by atoms with Crippen molar-refractivity contribution in [1.82, 2.24) is 15.8 Å². The molecule has 2 saturated heterocycles. The molecule has 8 nitrogen and oxygen atoms in total. The molecule has 3 heterocycles. The molecule has 42 heavy (non-hydrogen) atoms. The number of anilines is 2. The Morgan fingerprint density at radius 1 is 1.02 bits per heavy atom. The number of nitrogens with one attached hydrogen (secondary N) is 3. The van der Waals surface area contributed by atoms with Crippen molar-refractivity contribution < 1.29 is 31.9 Å². The van der Waals surface area contributed by atoms with E-state index >= 15 is 0 Å². The van der Waals surface area contributed by atoms with Crippen LogP contribution in [-0.4, -0.2) is 56.5 Å². The molecule has 0 saturated carbocycles. The Balaban J connectivity index is 1.54. The molecule has 218 valence electrons. The van der Waals surface area contributed by atoms with Crippen LogP contribution in [0.5, 0.6) is 0 Å². The number of urea groups is 1. The van der Waals surface area contributed by atoms with Gasteiger partial charge in [-0.3, -0.25) is 9.82 Å². The predicted octanol–water partition coefficient (Wildman–Crippen LogP) is 5.38. The molecule has 1 aromatic heterocycles. The number of amides is 2. The van der Waals surface area contributed by atoms with E-state index < -0.39 is 29.3 Å². The number of carbonyl (C=O) groups is 1. The van der Waals surface area contributed by atoms with Gasteiger partial charge in [0, 0.05) is 60.5 Å². The van der Waals surface area contributed by atoms with Crippen molar-refractivity contribution in [2.24, 2.45) is 0 Å². The third-order valence-corrected chi connectivity index (χ3v) is 7.53. The van der Waals surface area contributed by atoms with Gasteiger partial charge in [0.15, 0.2) is 0 Å². The van der Waals surface area contributed by atoms with E-state index in [1.807, 2.05) is 5.48 Å². The molecule has 3 aromatic carbocycles. The number of hydrogen-bond acceptors (Lipinski definition) is 6. The normalized spacial score (nSPS) is 18.5. The van der Waals surface area contributed by atoms with Crippen LogP contribution in [0.2, 0.25) is 0 Å². The number of morpholine rings is 1. The number of carbonyl (C=O) groups excluding carboxylic acids is 1. The van der Waals surface area contributed by atoms with Crippen LogP contribution in [0.1, 0.15) is 6.42 Å². The Morgan fingerprint density at radius 3 is 2.60 bits per heavy atom. The Hall–Kier alpha value is -4.26. The highest BCUT2D eigenvalue weighted by Crippen LogP contribution is 2.41. The monoisotopic (exact) mass is 581 g/mol. The number of aromatic nitrogens is 1. The smallest absolute Gasteiger partial charge is 0.343 e. The van der Waals surface area contributed by atoms with Gasteiger partial charge in [0.05, 0.1) is 36.7 Å². The van der Waals surface area contributed by atoms with Gasteiger partial charge >= 0.3 is 6.03 Å². The first-order valence-electron chi connectivity index (χ1n) is 13.4. The van der Waals surface area contributed by atoms with Gasteiger partial charge in [-0.1, -0.05) is 6.07 Å². The highest BCUT2D eigenvalue weighted by atomic mass is 19.1. The van der Waals surface area contributed by atoms with Gasteiger partial charge in [0.1, 0.15) is 23.3 Å². The van der Waals surface area contributed by atoms with E-state index in [-0.39, 0.29) is 23.4 Å². The first-order valence-corrected chi connectivity index (χ1v) is 13.4. The summed E-state index contributed by atoms with van der Waals surface area (Å²) in [6.07, 6.45) is 2.23. The Kier molecular flexibility index (Phi) is 7.67. The summed E-state index contributed by atoms with van der Waals surface area (Å²) in [7, 11) is 1.22. The molecule has 2 amide bonds. The molecule has 2 aliphatic rings. The topological polar surface area (TPSA) is 87.8 Å². The summed E-state index contributed by atoms with van der Waals surface area (Å²) in [6, 6.07) is 9.41. The Labute approximate surface area is 238 Å². The molecule has 0 spiro atoms. The molecule has 3 N–H and O–H groups in total. The molecule has 0 radical (unpaired) electrons. The zero-order valence-corrected chi connectivity index (χ0v) is 22.5. The van der Waals surface area contributed by atoms with E-state index in [0.29, 0.717) is 59.0 Å². The lowest BCUT2D eigenvalue weighted by molar-refractivity contribution is -0.00896. The minimum atomic E-state index is -0.984. The fraction of sp³-hybridized carbons (Fsp3) is 0.267. The van der Waals surface area contributed by atoms with Crippen molar-refractivity contribution in [3.63, 3.8) is 0 Å². The van der Waals surface area contributed by atoms with Gasteiger partial charge in [0.2, 0.25) is 0 Å². The molecule has 6 rings (SSSR count). The summed E-state index contributed by atoms with van der Waals surface area (Å²) in [4.78, 5) is 23.4. The molecule has 0 aliphatic carbocycles. The average Bonchev–Trinajstić information content (AvgIpc) is 2.97. The van der Waals surface area contributed by atoms with Crippen molar-refractivity contribution >= 4 is 28.3 Å². The lowest BCUT2D eigenvalue weighted by Crippen LogP contribution is -2.57. The number of piperidine rings is 1. The van der Waals surface area contributed by atoms with E-state index in [4.69, 9.17) is 4.74 Å². The van der Waals surface area contributed by atoms with Crippen molar-refractivity contribution in [1.29, 1.82) is 0 Å². The number of rotatable bonds is 5. The molecular weight excluding hydrogens is 554 g/mol. The third kappa shape index (κ3) is 5.48. The molecule has 2 fully saturated rings. The second kappa shape index (κ2) is 11.6. The predicted molar refractivity (Wildman–Crippen MR) is 150 cm³/mol. The van der Waals surface area contributed by atoms with E-state index in [9.17, 15) is 22.4 Å². The largest absolute Gasteiger partial charge is 0.373 e. The summed E-state index contributed by atoms with van der Waals surface area (Å²) < 4.78 is 64.2. The second-order valence-electron chi connectivity index (χ2n) is 10.2. The quantitative estimate of drug-likeness (QED) is 0.217. The molecule has 4 aromatic rings. The first kappa shape index (κ1) is 27.9. The van der Waals surface area contributed by atoms with Crippen molar-refractivity contribution in [2.75, 3.05) is 43.6 Å². The van der Waals surface area contributed by atoms with E-state index in [1.165, 1.54) is 19.2 Å². The van der Waals surface area contributed by atoms with E-state index in [0.717, 1.165) is 25.1 Å². The molecule has 12 heteroatoms. The van der Waals surface area contributed by atoms with Gasteiger partial charge in [-0.2, -0.15) is 0 Å². The molecule has 2 aliphatic heterocycles. The maximum atomic E-state index is 15.0. The number of fused-ring (bicyclic) bond motifs is 2. The van der Waals surface area contributed by atoms with Crippen molar-refractivity contribution in [3.8, 4) is 22.3 Å². The maximum Gasteiger partial charge on any atom is 0.343 e. The van der Waals surface area contributed by atoms with Crippen molar-refractivity contribution in [3.05, 3.63) is 78.0 Å². The van der Waals surface area contributed by atoms with Crippen LogP contribution in [0.4, 0.5) is 33.7 Å². The number of pyridine rings is 1. The van der Waals surface area contributed by atoms with Gasteiger partial charge in [-0.15, -0.1) is 0 Å². The number of ether oxygens (including phenoxy) is 1. The lowest BCUT2D eigenvalue weighted by atomic mass is 9.94. The lowest BCUT2D eigenvalue weighted by Gasteiger charge is -2.43. The highest BCUT2D eigenvalue weighted by molar-refractivity contribution is 6.03. The summed E-state index contributed by atoms with van der Waals surface area (Å²) in [6.45, 7) is 2.45. The zero-order valence-electron chi connectivity index (χ0n) is 22.5.